The van der Waals surface area contributed by atoms with Crippen molar-refractivity contribution in [2.24, 2.45) is 0 Å². The van der Waals surface area contributed by atoms with Crippen LogP contribution in [0.3, 0.4) is 0 Å². The first-order chi connectivity index (χ1) is 22.1. The molecule has 0 bridgehead atoms. The molecule has 3 N–H and O–H groups in total. The molecule has 12 nitrogen and oxygen atoms in total. The van der Waals surface area contributed by atoms with Crippen LogP contribution >= 0.6 is 0 Å². The number of ether oxygens (including phenoxy) is 2. The lowest BCUT2D eigenvalue weighted by Gasteiger charge is -2.24. The number of fused-ring (bicyclic) bond motifs is 4. The summed E-state index contributed by atoms with van der Waals surface area (Å²) in [6, 6.07) is 12.2. The van der Waals surface area contributed by atoms with Crippen molar-refractivity contribution < 1.29 is 42.5 Å². The molecule has 14 heteroatoms. The first kappa shape index (κ1) is 29.5. The number of halogens is 2. The quantitative estimate of drug-likeness (QED) is 0.294. The lowest BCUT2D eigenvalue weighted by molar-refractivity contribution is -0.152. The van der Waals surface area contributed by atoms with E-state index in [0.29, 0.717) is 22.2 Å². The van der Waals surface area contributed by atoms with Gasteiger partial charge in [0.05, 0.1) is 44.6 Å². The average molecular weight is 632 g/mol. The van der Waals surface area contributed by atoms with Gasteiger partial charge in [-0.15, -0.1) is 0 Å². The SMILES string of the molecule is O=C(NCC(=O)N1CC2(CC1C(=O)NCc1cc3ccncc3n1C(=O)O)OCCO2)c1ccc2c(c1)-c1ccccc1C2(F)F. The normalized spacial score (nSPS) is 18.8. The molecule has 1 atom stereocenters. The van der Waals surface area contributed by atoms with Crippen LogP contribution in [-0.2, 0) is 31.5 Å². The Hall–Kier alpha value is -5.21. The van der Waals surface area contributed by atoms with Crippen LogP contribution in [-0.4, -0.2) is 81.5 Å². The molecule has 2 aromatic heterocycles. The van der Waals surface area contributed by atoms with Crippen molar-refractivity contribution in [2.45, 2.75) is 30.7 Å². The zero-order chi connectivity index (χ0) is 32.2. The Morgan fingerprint density at radius 2 is 1.74 bits per heavy atom. The highest BCUT2D eigenvalue weighted by Crippen LogP contribution is 2.51. The van der Waals surface area contributed by atoms with Gasteiger partial charge in [-0.3, -0.25) is 19.4 Å². The van der Waals surface area contributed by atoms with Crippen LogP contribution in [0.5, 0.6) is 0 Å². The molecule has 4 aromatic rings. The maximum Gasteiger partial charge on any atom is 0.416 e. The zero-order valence-corrected chi connectivity index (χ0v) is 24.2. The highest BCUT2D eigenvalue weighted by Gasteiger charge is 2.52. The van der Waals surface area contributed by atoms with Crippen LogP contribution in [0.2, 0.25) is 0 Å². The molecule has 1 aliphatic carbocycles. The molecule has 3 amide bonds. The summed E-state index contributed by atoms with van der Waals surface area (Å²) in [7, 11) is 0. The maximum absolute atomic E-state index is 14.9. The highest BCUT2D eigenvalue weighted by molar-refractivity contribution is 5.99. The molecule has 2 aliphatic heterocycles. The number of likely N-dealkylation sites (tertiary alicyclic amines) is 1. The smallest absolute Gasteiger partial charge is 0.416 e. The Balaban J connectivity index is 1.06. The first-order valence-corrected chi connectivity index (χ1v) is 14.5. The fourth-order valence-electron chi connectivity index (χ4n) is 6.48. The van der Waals surface area contributed by atoms with Gasteiger partial charge in [-0.1, -0.05) is 30.3 Å². The van der Waals surface area contributed by atoms with E-state index in [0.717, 1.165) is 4.57 Å². The van der Waals surface area contributed by atoms with E-state index < -0.39 is 48.1 Å². The van der Waals surface area contributed by atoms with Gasteiger partial charge in [-0.2, -0.15) is 8.78 Å². The molecular formula is C32H27F2N5O7. The number of hydrogen-bond donors (Lipinski definition) is 3. The standard InChI is InChI=1S/C32H27F2N5O7/c33-32(34)23-4-2-1-3-21(23)22-12-19(5-6-24(22)32)28(41)37-16-27(40)38-17-31(45-9-10-46-31)13-25(38)29(42)36-14-20-11-18-7-8-35-15-26(18)39(20)30(43)44/h1-8,11-12,15,25H,9-10,13-14,16-17H2,(H,36,42)(H,37,41)(H,43,44). The summed E-state index contributed by atoms with van der Waals surface area (Å²) in [6.07, 6.45) is 1.73. The predicted octanol–water partition coefficient (Wildman–Crippen LogP) is 3.07. The van der Waals surface area contributed by atoms with Crippen LogP contribution in [0.25, 0.3) is 22.0 Å². The fraction of sp³-hybridized carbons (Fsp3) is 0.281. The number of rotatable bonds is 6. The van der Waals surface area contributed by atoms with Crippen molar-refractivity contribution in [1.29, 1.82) is 0 Å². The number of aromatic nitrogens is 2. The van der Waals surface area contributed by atoms with Gasteiger partial charge in [0.2, 0.25) is 11.8 Å². The molecule has 0 radical (unpaired) electrons. The molecule has 236 valence electrons. The Morgan fingerprint density at radius 3 is 2.52 bits per heavy atom. The predicted molar refractivity (Wildman–Crippen MR) is 157 cm³/mol. The van der Waals surface area contributed by atoms with Crippen molar-refractivity contribution in [1.82, 2.24) is 25.1 Å². The Morgan fingerprint density at radius 1 is 0.978 bits per heavy atom. The molecular weight excluding hydrogens is 604 g/mol. The van der Waals surface area contributed by atoms with Crippen molar-refractivity contribution in [3.63, 3.8) is 0 Å². The highest BCUT2D eigenvalue weighted by atomic mass is 19.3. The molecule has 3 aliphatic rings. The van der Waals surface area contributed by atoms with Crippen LogP contribution < -0.4 is 10.6 Å². The third-order valence-corrected chi connectivity index (χ3v) is 8.62. The van der Waals surface area contributed by atoms with Crippen molar-refractivity contribution in [3.8, 4) is 11.1 Å². The van der Waals surface area contributed by atoms with Crippen molar-refractivity contribution >= 4 is 34.7 Å². The van der Waals surface area contributed by atoms with Gasteiger partial charge in [0.15, 0.2) is 5.79 Å². The van der Waals surface area contributed by atoms with Crippen LogP contribution in [0.1, 0.15) is 33.6 Å². The van der Waals surface area contributed by atoms with Gasteiger partial charge in [-0.25, -0.2) is 9.36 Å². The monoisotopic (exact) mass is 631 g/mol. The summed E-state index contributed by atoms with van der Waals surface area (Å²) in [5.74, 6) is -6.18. The van der Waals surface area contributed by atoms with Crippen molar-refractivity contribution in [2.75, 3.05) is 26.3 Å². The minimum Gasteiger partial charge on any atom is -0.464 e. The number of carboxylic acid groups (broad SMARTS) is 1. The van der Waals surface area contributed by atoms with Gasteiger partial charge >= 0.3 is 6.09 Å². The Labute approximate surface area is 259 Å². The topological polar surface area (TPSA) is 152 Å². The van der Waals surface area contributed by atoms with Crippen molar-refractivity contribution in [3.05, 3.63) is 89.4 Å². The van der Waals surface area contributed by atoms with E-state index in [-0.39, 0.29) is 55.0 Å². The molecule has 7 rings (SSSR count). The molecule has 0 saturated carbocycles. The number of amides is 3. The summed E-state index contributed by atoms with van der Waals surface area (Å²) < 4.78 is 42.4. The molecule has 1 spiro atoms. The summed E-state index contributed by atoms with van der Waals surface area (Å²) >= 11 is 0. The molecule has 4 heterocycles. The van der Waals surface area contributed by atoms with E-state index in [2.05, 4.69) is 15.6 Å². The Bertz CT molecular complexity index is 1920. The van der Waals surface area contributed by atoms with Gasteiger partial charge in [-0.05, 0) is 35.4 Å². The third kappa shape index (κ3) is 4.86. The summed E-state index contributed by atoms with van der Waals surface area (Å²) in [4.78, 5) is 57.1. The minimum atomic E-state index is -3.19. The third-order valence-electron chi connectivity index (χ3n) is 8.62. The second kappa shape index (κ2) is 11.0. The largest absolute Gasteiger partial charge is 0.464 e. The second-order valence-electron chi connectivity index (χ2n) is 11.3. The zero-order valence-electron chi connectivity index (χ0n) is 24.2. The average Bonchev–Trinajstić information content (AvgIpc) is 3.82. The van der Waals surface area contributed by atoms with Gasteiger partial charge < -0.3 is 30.1 Å². The van der Waals surface area contributed by atoms with E-state index in [9.17, 15) is 33.1 Å². The lowest BCUT2D eigenvalue weighted by Crippen LogP contribution is -2.49. The summed E-state index contributed by atoms with van der Waals surface area (Å²) in [5, 5.41) is 15.6. The molecule has 2 aromatic carbocycles. The number of alkyl halides is 2. The molecule has 1 unspecified atom stereocenters. The lowest BCUT2D eigenvalue weighted by atomic mass is 10.0. The number of nitrogens with one attached hydrogen (secondary N) is 2. The molecule has 46 heavy (non-hydrogen) atoms. The molecule has 2 saturated heterocycles. The number of pyridine rings is 1. The minimum absolute atomic E-state index is 0.0306. The van der Waals surface area contributed by atoms with Gasteiger partial charge in [0.1, 0.15) is 6.04 Å². The van der Waals surface area contributed by atoms with Gasteiger partial charge in [0.25, 0.3) is 11.8 Å². The summed E-state index contributed by atoms with van der Waals surface area (Å²) in [5.41, 5.74) is 0.994. The number of carbonyl (C=O) groups excluding carboxylic acids is 3. The van der Waals surface area contributed by atoms with Gasteiger partial charge in [0, 0.05) is 40.4 Å². The second-order valence-corrected chi connectivity index (χ2v) is 11.3. The van der Waals surface area contributed by atoms with E-state index in [4.69, 9.17) is 9.47 Å². The van der Waals surface area contributed by atoms with E-state index in [1.807, 2.05) is 0 Å². The van der Waals surface area contributed by atoms with E-state index in [1.165, 1.54) is 47.6 Å². The first-order valence-electron chi connectivity index (χ1n) is 14.5. The number of benzene rings is 2. The fourth-order valence-corrected chi connectivity index (χ4v) is 6.48. The van der Waals surface area contributed by atoms with E-state index in [1.54, 1.807) is 24.3 Å². The van der Waals surface area contributed by atoms with Crippen LogP contribution in [0.15, 0.2) is 67.0 Å². The Kier molecular flexibility index (Phi) is 7.05. The van der Waals surface area contributed by atoms with Crippen LogP contribution in [0.4, 0.5) is 13.6 Å². The maximum atomic E-state index is 14.9. The van der Waals surface area contributed by atoms with Crippen LogP contribution in [0, 0.1) is 0 Å². The molecule has 2 fully saturated rings. The number of nitrogens with zero attached hydrogens (tertiary/aromatic N) is 3. The summed E-state index contributed by atoms with van der Waals surface area (Å²) in [6.45, 7) is -0.140. The number of carbonyl (C=O) groups is 4. The van der Waals surface area contributed by atoms with E-state index >= 15 is 0 Å². The number of hydrogen-bond acceptors (Lipinski definition) is 7.